The van der Waals surface area contributed by atoms with Crippen LogP contribution in [0.5, 0.6) is 0 Å². The second kappa shape index (κ2) is 5.94. The summed E-state index contributed by atoms with van der Waals surface area (Å²) in [6, 6.07) is 4.39. The third kappa shape index (κ3) is 2.72. The van der Waals surface area contributed by atoms with Crippen LogP contribution in [-0.4, -0.2) is 11.5 Å². The molecule has 0 bridgehead atoms. The highest BCUT2D eigenvalue weighted by Gasteiger charge is 2.18. The monoisotopic (exact) mass is 316 g/mol. The number of benzene rings is 1. The fourth-order valence-corrected chi connectivity index (χ4v) is 2.30. The zero-order valence-electron chi connectivity index (χ0n) is 10.9. The molecule has 0 saturated heterocycles. The van der Waals surface area contributed by atoms with Crippen LogP contribution in [0.3, 0.4) is 0 Å². The number of hydrogen-bond acceptors (Lipinski definition) is 2. The number of halogens is 4. The fraction of sp³-hybridized carbons (Fsp3) is 0.214. The fourth-order valence-electron chi connectivity index (χ4n) is 1.78. The Bertz CT molecular complexity index is 660. The van der Waals surface area contributed by atoms with Crippen LogP contribution in [-0.2, 0) is 0 Å². The second-order valence-electron chi connectivity index (χ2n) is 4.24. The van der Waals surface area contributed by atoms with E-state index in [0.29, 0.717) is 17.4 Å². The molecule has 2 rings (SSSR count). The Hall–Kier alpha value is -1.39. The van der Waals surface area contributed by atoms with E-state index in [9.17, 15) is 8.78 Å². The largest absolute Gasteiger partial charge is 0.369 e. The first-order chi connectivity index (χ1) is 9.45. The zero-order chi connectivity index (χ0) is 14.9. The number of aromatic nitrogens is 1. The summed E-state index contributed by atoms with van der Waals surface area (Å²) in [5.74, 6) is -1.49. The molecule has 20 heavy (non-hydrogen) atoms. The molecular formula is C14H12Cl2F2N2. The zero-order valence-corrected chi connectivity index (χ0v) is 12.4. The number of nitrogens with zero attached hydrogens (tertiary/aromatic N) is 1. The lowest BCUT2D eigenvalue weighted by atomic mass is 10.1. The molecule has 0 amide bonds. The lowest BCUT2D eigenvalue weighted by molar-refractivity contribution is 0.505. The first kappa shape index (κ1) is 15.0. The minimum atomic E-state index is -0.968. The van der Waals surface area contributed by atoms with Gasteiger partial charge in [0.15, 0.2) is 11.6 Å². The van der Waals surface area contributed by atoms with E-state index in [1.165, 1.54) is 25.1 Å². The van der Waals surface area contributed by atoms with Gasteiger partial charge in [0.25, 0.3) is 0 Å². The normalized spacial score (nSPS) is 10.7. The van der Waals surface area contributed by atoms with Crippen molar-refractivity contribution in [1.29, 1.82) is 0 Å². The first-order valence-corrected chi connectivity index (χ1v) is 6.76. The Morgan fingerprint density at radius 3 is 2.50 bits per heavy atom. The smallest absolute Gasteiger partial charge is 0.168 e. The molecule has 0 fully saturated rings. The van der Waals surface area contributed by atoms with E-state index in [2.05, 4.69) is 10.3 Å². The molecule has 2 nitrogen and oxygen atoms in total. The van der Waals surface area contributed by atoms with Gasteiger partial charge in [-0.2, -0.15) is 0 Å². The predicted octanol–water partition coefficient (Wildman–Crippen LogP) is 5.07. The quantitative estimate of drug-likeness (QED) is 0.854. The summed E-state index contributed by atoms with van der Waals surface area (Å²) in [6.07, 6.45) is 0. The van der Waals surface area contributed by atoms with E-state index in [1.807, 2.05) is 6.92 Å². The lowest BCUT2D eigenvalue weighted by Crippen LogP contribution is -2.02. The van der Waals surface area contributed by atoms with Crippen LogP contribution < -0.4 is 5.32 Å². The van der Waals surface area contributed by atoms with Crippen LogP contribution in [0.15, 0.2) is 18.2 Å². The van der Waals surface area contributed by atoms with Crippen molar-refractivity contribution in [3.8, 4) is 11.3 Å². The van der Waals surface area contributed by atoms with Crippen LogP contribution >= 0.6 is 23.2 Å². The van der Waals surface area contributed by atoms with Crippen LogP contribution in [0.4, 0.5) is 14.6 Å². The summed E-state index contributed by atoms with van der Waals surface area (Å²) in [4.78, 5) is 4.18. The Morgan fingerprint density at radius 1 is 1.15 bits per heavy atom. The van der Waals surface area contributed by atoms with Crippen molar-refractivity contribution >= 4 is 29.0 Å². The molecular weight excluding hydrogens is 305 g/mol. The molecule has 0 atom stereocenters. The lowest BCUT2D eigenvalue weighted by Gasteiger charge is -2.11. The van der Waals surface area contributed by atoms with Crippen LogP contribution in [0, 0.1) is 18.6 Å². The molecule has 106 valence electrons. The maximum atomic E-state index is 14.0. The number of hydrogen-bond donors (Lipinski definition) is 1. The van der Waals surface area contributed by atoms with Crippen LogP contribution in [0.25, 0.3) is 11.3 Å². The molecule has 0 aliphatic heterocycles. The van der Waals surface area contributed by atoms with Gasteiger partial charge in [-0.15, -0.1) is 0 Å². The van der Waals surface area contributed by atoms with E-state index < -0.39 is 11.6 Å². The highest BCUT2D eigenvalue weighted by atomic mass is 35.5. The van der Waals surface area contributed by atoms with Gasteiger partial charge in [0, 0.05) is 12.1 Å². The van der Waals surface area contributed by atoms with Gasteiger partial charge in [-0.25, -0.2) is 13.8 Å². The third-order valence-corrected chi connectivity index (χ3v) is 3.38. The minimum Gasteiger partial charge on any atom is -0.369 e. The molecule has 6 heteroatoms. The highest BCUT2D eigenvalue weighted by Crippen LogP contribution is 2.34. The van der Waals surface area contributed by atoms with Gasteiger partial charge in [-0.05, 0) is 31.5 Å². The summed E-state index contributed by atoms with van der Waals surface area (Å²) < 4.78 is 27.7. The summed E-state index contributed by atoms with van der Waals surface area (Å²) in [6.45, 7) is 3.96. The van der Waals surface area contributed by atoms with Crippen molar-refractivity contribution < 1.29 is 8.78 Å². The Morgan fingerprint density at radius 2 is 1.85 bits per heavy atom. The SMILES string of the molecule is CCNc1nc(-c2ccc(C)c(F)c2F)c(Cl)cc1Cl. The van der Waals surface area contributed by atoms with Gasteiger partial charge >= 0.3 is 0 Å². The van der Waals surface area contributed by atoms with Crippen LogP contribution in [0.2, 0.25) is 10.0 Å². The molecule has 1 aromatic carbocycles. The van der Waals surface area contributed by atoms with E-state index in [1.54, 1.807) is 0 Å². The van der Waals surface area contributed by atoms with Crippen molar-refractivity contribution in [2.24, 2.45) is 0 Å². The maximum absolute atomic E-state index is 14.0. The Kier molecular flexibility index (Phi) is 4.45. The topological polar surface area (TPSA) is 24.9 Å². The molecule has 1 N–H and O–H groups in total. The number of rotatable bonds is 3. The van der Waals surface area contributed by atoms with Crippen molar-refractivity contribution in [3.63, 3.8) is 0 Å². The summed E-state index contributed by atoms with van der Waals surface area (Å²) in [5.41, 5.74) is 0.389. The average Bonchev–Trinajstić information content (AvgIpc) is 2.40. The Labute approximate surface area is 125 Å². The molecule has 0 aliphatic rings. The van der Waals surface area contributed by atoms with Gasteiger partial charge in [0.2, 0.25) is 0 Å². The molecule has 0 radical (unpaired) electrons. The minimum absolute atomic E-state index is 0.00826. The number of nitrogens with one attached hydrogen (secondary N) is 1. The molecule has 0 unspecified atom stereocenters. The van der Waals surface area contributed by atoms with E-state index in [0.717, 1.165) is 0 Å². The number of anilines is 1. The molecule has 0 aliphatic carbocycles. The van der Waals surface area contributed by atoms with Gasteiger partial charge in [0.05, 0.1) is 15.7 Å². The number of aryl methyl sites for hydroxylation is 1. The highest BCUT2D eigenvalue weighted by molar-refractivity contribution is 6.37. The van der Waals surface area contributed by atoms with Crippen LogP contribution in [0.1, 0.15) is 12.5 Å². The third-order valence-electron chi connectivity index (χ3n) is 2.80. The van der Waals surface area contributed by atoms with Gasteiger partial charge < -0.3 is 5.32 Å². The van der Waals surface area contributed by atoms with E-state index in [-0.39, 0.29) is 21.8 Å². The molecule has 1 heterocycles. The van der Waals surface area contributed by atoms with E-state index in [4.69, 9.17) is 23.2 Å². The average molecular weight is 317 g/mol. The first-order valence-electron chi connectivity index (χ1n) is 6.00. The van der Waals surface area contributed by atoms with Crippen molar-refractivity contribution in [2.75, 3.05) is 11.9 Å². The number of pyridine rings is 1. The van der Waals surface area contributed by atoms with Gasteiger partial charge in [0.1, 0.15) is 5.82 Å². The van der Waals surface area contributed by atoms with Gasteiger partial charge in [-0.3, -0.25) is 0 Å². The second-order valence-corrected chi connectivity index (χ2v) is 5.05. The van der Waals surface area contributed by atoms with Crippen molar-refractivity contribution in [2.45, 2.75) is 13.8 Å². The molecule has 1 aromatic heterocycles. The standard InChI is InChI=1S/C14H12Cl2F2N2/c1-3-19-14-10(16)6-9(15)13(20-14)8-5-4-7(2)11(17)12(8)18/h4-6H,3H2,1-2H3,(H,19,20). The van der Waals surface area contributed by atoms with Crippen molar-refractivity contribution in [1.82, 2.24) is 4.98 Å². The summed E-state index contributed by atoms with van der Waals surface area (Å²) >= 11 is 12.0. The van der Waals surface area contributed by atoms with E-state index >= 15 is 0 Å². The summed E-state index contributed by atoms with van der Waals surface area (Å²) in [5, 5.41) is 3.43. The molecule has 2 aromatic rings. The maximum Gasteiger partial charge on any atom is 0.168 e. The predicted molar refractivity (Wildman–Crippen MR) is 78.5 cm³/mol. The molecule has 0 spiro atoms. The van der Waals surface area contributed by atoms with Gasteiger partial charge in [-0.1, -0.05) is 29.3 Å². The Balaban J connectivity index is 2.63. The van der Waals surface area contributed by atoms with Crippen molar-refractivity contribution in [3.05, 3.63) is 45.4 Å². The summed E-state index contributed by atoms with van der Waals surface area (Å²) in [7, 11) is 0. The molecule has 0 saturated carbocycles.